The smallest absolute Gasteiger partial charge is 0.137 e. The van der Waals surface area contributed by atoms with Gasteiger partial charge in [0.2, 0.25) is 0 Å². The van der Waals surface area contributed by atoms with Crippen molar-refractivity contribution in [3.05, 3.63) is 191 Å². The molecule has 0 saturated heterocycles. The molecule has 0 fully saturated rings. The summed E-state index contributed by atoms with van der Waals surface area (Å²) in [7, 11) is 0. The summed E-state index contributed by atoms with van der Waals surface area (Å²) in [6.45, 7) is 17.0. The molecule has 0 bridgehead atoms. The molecule has 5 heterocycles. The molecule has 11 aromatic rings. The first kappa shape index (κ1) is 40.7. The van der Waals surface area contributed by atoms with Gasteiger partial charge in [-0.3, -0.25) is 19.1 Å². The van der Waals surface area contributed by atoms with Gasteiger partial charge in [0, 0.05) is 57.2 Å². The predicted molar refractivity (Wildman–Crippen MR) is 268 cm³/mol. The number of aromatic nitrogens is 6. The first-order valence-corrected chi connectivity index (χ1v) is 22.3. The predicted octanol–water partition coefficient (Wildman–Crippen LogP) is 14.8. The number of pyridine rings is 2. The lowest BCUT2D eigenvalue weighted by Crippen LogP contribution is -2.00. The van der Waals surface area contributed by atoms with Gasteiger partial charge in [0.25, 0.3) is 0 Å². The highest BCUT2D eigenvalue weighted by Crippen LogP contribution is 2.41. The summed E-state index contributed by atoms with van der Waals surface area (Å²) >= 11 is 0. The van der Waals surface area contributed by atoms with Crippen molar-refractivity contribution in [3.8, 4) is 57.1 Å². The fourth-order valence-corrected chi connectivity index (χ4v) is 9.44. The van der Waals surface area contributed by atoms with E-state index in [9.17, 15) is 0 Å². The second-order valence-corrected chi connectivity index (χ2v) is 17.5. The molecule has 0 unspecified atom stereocenters. The van der Waals surface area contributed by atoms with Crippen LogP contribution in [0.5, 0.6) is 23.0 Å². The van der Waals surface area contributed by atoms with E-state index in [0.717, 1.165) is 134 Å². The lowest BCUT2D eigenvalue weighted by atomic mass is 9.95. The van der Waals surface area contributed by atoms with Gasteiger partial charge in [-0.1, -0.05) is 36.4 Å². The maximum absolute atomic E-state index is 6.79. The van der Waals surface area contributed by atoms with E-state index in [2.05, 4.69) is 174 Å². The summed E-state index contributed by atoms with van der Waals surface area (Å²) in [5.41, 5.74) is 16.8. The molecule has 0 aliphatic carbocycles. The van der Waals surface area contributed by atoms with E-state index in [4.69, 9.17) is 29.4 Å². The zero-order chi connectivity index (χ0) is 45.4. The SMILES string of the molecule is Cc1ccnc(-n2c3ccccc3c3ccc(Oc4cc(-c5cnc(-c6cc(Oc7ccc8c9ccccc9n(-c9cc(C)ccn9)c8c7)c(C)c(C)c6C)cn5)c(C)c(C)c4C)cc32)c1. The van der Waals surface area contributed by atoms with Crippen molar-refractivity contribution in [2.75, 3.05) is 0 Å². The van der Waals surface area contributed by atoms with E-state index < -0.39 is 0 Å². The number of hydrogen-bond acceptors (Lipinski definition) is 6. The van der Waals surface area contributed by atoms with Crippen LogP contribution in [-0.2, 0) is 0 Å². The van der Waals surface area contributed by atoms with Gasteiger partial charge < -0.3 is 9.47 Å². The van der Waals surface area contributed by atoms with Crippen LogP contribution >= 0.6 is 0 Å². The molecule has 0 radical (unpaired) electrons. The summed E-state index contributed by atoms with van der Waals surface area (Å²) in [6.07, 6.45) is 7.47. The van der Waals surface area contributed by atoms with E-state index in [0.29, 0.717) is 0 Å². The molecule has 0 N–H and O–H groups in total. The Morgan fingerprint density at radius 2 is 0.773 bits per heavy atom. The van der Waals surface area contributed by atoms with Crippen molar-refractivity contribution in [1.29, 1.82) is 0 Å². The average molecular weight is 861 g/mol. The lowest BCUT2D eigenvalue weighted by Gasteiger charge is -2.18. The number of nitrogens with zero attached hydrogens (tertiary/aromatic N) is 6. The highest BCUT2D eigenvalue weighted by molar-refractivity contribution is 6.10. The Balaban J connectivity index is 0.924. The highest BCUT2D eigenvalue weighted by atomic mass is 16.5. The van der Waals surface area contributed by atoms with Gasteiger partial charge in [-0.2, -0.15) is 0 Å². The normalized spacial score (nSPS) is 11.6. The second-order valence-electron chi connectivity index (χ2n) is 17.5. The third-order valence-corrected chi connectivity index (χ3v) is 13.6. The number of para-hydroxylation sites is 2. The number of fused-ring (bicyclic) bond motifs is 6. The zero-order valence-corrected chi connectivity index (χ0v) is 38.4. The molecule has 0 amide bonds. The Bertz CT molecular complexity index is 3500. The van der Waals surface area contributed by atoms with Gasteiger partial charge in [-0.15, -0.1) is 0 Å². The molecular weight excluding hydrogens is 813 g/mol. The van der Waals surface area contributed by atoms with E-state index in [-0.39, 0.29) is 0 Å². The topological polar surface area (TPSA) is 79.9 Å². The van der Waals surface area contributed by atoms with Gasteiger partial charge in [-0.25, -0.2) is 9.97 Å². The molecule has 0 aliphatic heterocycles. The highest BCUT2D eigenvalue weighted by Gasteiger charge is 2.20. The monoisotopic (exact) mass is 860 g/mol. The number of ether oxygens (including phenoxy) is 2. The van der Waals surface area contributed by atoms with E-state index in [1.54, 1.807) is 0 Å². The molecule has 5 aromatic heterocycles. The third kappa shape index (κ3) is 6.76. The number of aryl methyl sites for hydroxylation is 2. The van der Waals surface area contributed by atoms with Crippen LogP contribution in [0, 0.1) is 55.4 Å². The van der Waals surface area contributed by atoms with Crippen LogP contribution < -0.4 is 9.47 Å². The maximum atomic E-state index is 6.79. The number of benzene rings is 6. The van der Waals surface area contributed by atoms with Crippen LogP contribution in [0.25, 0.3) is 77.8 Å². The van der Waals surface area contributed by atoms with Crippen molar-refractivity contribution < 1.29 is 9.47 Å². The third-order valence-electron chi connectivity index (χ3n) is 13.6. The standard InChI is InChI=1S/C58H48N6O2/c1-33-21-23-59-57(25-33)63-51-15-11-9-13-43(51)45-19-17-41(27-53(45)63)65-55-29-47(37(5)35(3)39(55)7)49-31-62-50(32-61-49)48-30-56(40(8)36(4)38(48)6)66-42-18-20-46-44-14-10-12-16-52(44)64(54(46)28-42)58-26-34(2)22-24-60-58/h9-32H,1-8H3. The molecular formula is C58H48N6O2. The summed E-state index contributed by atoms with van der Waals surface area (Å²) in [6, 6.07) is 42.0. The van der Waals surface area contributed by atoms with Crippen molar-refractivity contribution in [1.82, 2.24) is 29.1 Å². The lowest BCUT2D eigenvalue weighted by molar-refractivity contribution is 0.478. The summed E-state index contributed by atoms with van der Waals surface area (Å²) in [5.74, 6) is 4.78. The molecule has 6 aromatic carbocycles. The van der Waals surface area contributed by atoms with Crippen LogP contribution in [0.2, 0.25) is 0 Å². The summed E-state index contributed by atoms with van der Waals surface area (Å²) < 4.78 is 18.0. The minimum absolute atomic E-state index is 0.742. The Hall–Kier alpha value is -8.10. The van der Waals surface area contributed by atoms with Crippen LogP contribution in [0.4, 0.5) is 0 Å². The Morgan fingerprint density at radius 1 is 0.364 bits per heavy atom. The fourth-order valence-electron chi connectivity index (χ4n) is 9.44. The molecule has 8 nitrogen and oxygen atoms in total. The average Bonchev–Trinajstić information content (AvgIpc) is 3.84. The number of rotatable bonds is 8. The summed E-state index contributed by atoms with van der Waals surface area (Å²) in [4.78, 5) is 19.6. The van der Waals surface area contributed by atoms with Gasteiger partial charge in [0.15, 0.2) is 0 Å². The van der Waals surface area contributed by atoms with E-state index in [1.165, 1.54) is 10.8 Å². The first-order valence-electron chi connectivity index (χ1n) is 22.3. The van der Waals surface area contributed by atoms with Crippen LogP contribution in [0.3, 0.4) is 0 Å². The van der Waals surface area contributed by atoms with Crippen LogP contribution in [0.1, 0.15) is 44.5 Å². The molecule has 0 atom stereocenters. The second kappa shape index (κ2) is 15.9. The molecule has 11 rings (SSSR count). The van der Waals surface area contributed by atoms with Crippen molar-refractivity contribution in [2.24, 2.45) is 0 Å². The zero-order valence-electron chi connectivity index (χ0n) is 38.4. The van der Waals surface area contributed by atoms with Gasteiger partial charge in [-0.05, 0) is 173 Å². The fraction of sp³-hybridized carbons (Fsp3) is 0.138. The molecule has 0 aliphatic rings. The largest absolute Gasteiger partial charge is 0.457 e. The van der Waals surface area contributed by atoms with E-state index in [1.807, 2.05) is 36.9 Å². The molecule has 0 spiro atoms. The summed E-state index contributed by atoms with van der Waals surface area (Å²) in [5, 5.41) is 4.62. The quantitative estimate of drug-likeness (QED) is 0.151. The van der Waals surface area contributed by atoms with Gasteiger partial charge >= 0.3 is 0 Å². The van der Waals surface area contributed by atoms with E-state index >= 15 is 0 Å². The minimum Gasteiger partial charge on any atom is -0.457 e. The Labute approximate surface area is 383 Å². The minimum atomic E-state index is 0.742. The maximum Gasteiger partial charge on any atom is 0.137 e. The van der Waals surface area contributed by atoms with Crippen LogP contribution in [0.15, 0.2) is 146 Å². The Kier molecular flexibility index (Phi) is 9.77. The molecule has 322 valence electrons. The van der Waals surface area contributed by atoms with Crippen molar-refractivity contribution >= 4 is 43.6 Å². The first-order chi connectivity index (χ1) is 32.0. The van der Waals surface area contributed by atoms with Gasteiger partial charge in [0.1, 0.15) is 34.6 Å². The molecule has 66 heavy (non-hydrogen) atoms. The molecule has 8 heteroatoms. The van der Waals surface area contributed by atoms with Crippen molar-refractivity contribution in [2.45, 2.75) is 55.4 Å². The van der Waals surface area contributed by atoms with Crippen molar-refractivity contribution in [3.63, 3.8) is 0 Å². The van der Waals surface area contributed by atoms with Crippen LogP contribution in [-0.4, -0.2) is 29.1 Å². The molecule has 0 saturated carbocycles. The Morgan fingerprint density at radius 3 is 1.18 bits per heavy atom. The van der Waals surface area contributed by atoms with Gasteiger partial charge in [0.05, 0.1) is 45.8 Å². The number of hydrogen-bond donors (Lipinski definition) is 0.